The van der Waals surface area contributed by atoms with Crippen LogP contribution in [-0.4, -0.2) is 35.4 Å². The lowest BCUT2D eigenvalue weighted by Gasteiger charge is -2.15. The summed E-state index contributed by atoms with van der Waals surface area (Å²) >= 11 is 1.82. The summed E-state index contributed by atoms with van der Waals surface area (Å²) in [7, 11) is 1.57. The van der Waals surface area contributed by atoms with Crippen LogP contribution in [0.4, 0.5) is 11.4 Å². The minimum Gasteiger partial charge on any atom is -0.382 e. The van der Waals surface area contributed by atoms with Gasteiger partial charge < -0.3 is 10.6 Å². The molecular formula is C14H21N3O3S. The van der Waals surface area contributed by atoms with E-state index in [9.17, 15) is 14.9 Å². The average Bonchev–Trinajstić information content (AvgIpc) is 2.46. The quantitative estimate of drug-likeness (QED) is 0.438. The summed E-state index contributed by atoms with van der Waals surface area (Å²) in [5.74, 6) is 1.73. The monoisotopic (exact) mass is 311 g/mol. The summed E-state index contributed by atoms with van der Waals surface area (Å²) in [4.78, 5) is 22.7. The smallest absolute Gasteiger partial charge is 0.293 e. The van der Waals surface area contributed by atoms with Crippen LogP contribution in [0.1, 0.15) is 30.6 Å². The molecule has 0 heterocycles. The molecule has 1 aromatic rings. The number of nitro benzene ring substituents is 1. The van der Waals surface area contributed by atoms with Gasteiger partial charge in [0.25, 0.3) is 11.6 Å². The van der Waals surface area contributed by atoms with Crippen LogP contribution in [0.15, 0.2) is 18.2 Å². The summed E-state index contributed by atoms with van der Waals surface area (Å²) in [6.45, 7) is 4.03. The van der Waals surface area contributed by atoms with Crippen LogP contribution in [0.25, 0.3) is 0 Å². The first-order chi connectivity index (χ1) is 10.0. The SMILES string of the molecule is CCSCCC(C)NC(=O)c1cccc([N+](=O)[O-])c1NC. The lowest BCUT2D eigenvalue weighted by Crippen LogP contribution is -2.33. The van der Waals surface area contributed by atoms with Crippen molar-refractivity contribution < 1.29 is 9.72 Å². The lowest BCUT2D eigenvalue weighted by atomic mass is 10.1. The first-order valence-corrected chi connectivity index (χ1v) is 8.00. The van der Waals surface area contributed by atoms with E-state index in [-0.39, 0.29) is 23.3 Å². The van der Waals surface area contributed by atoms with Crippen LogP contribution in [0, 0.1) is 10.1 Å². The summed E-state index contributed by atoms with van der Waals surface area (Å²) in [6, 6.07) is 4.51. The van der Waals surface area contributed by atoms with Gasteiger partial charge >= 0.3 is 0 Å². The van der Waals surface area contributed by atoms with E-state index in [4.69, 9.17) is 0 Å². The van der Waals surface area contributed by atoms with Crippen LogP contribution in [-0.2, 0) is 0 Å². The van der Waals surface area contributed by atoms with Gasteiger partial charge in [-0.2, -0.15) is 11.8 Å². The maximum Gasteiger partial charge on any atom is 0.293 e. The Balaban J connectivity index is 2.82. The molecule has 0 bridgehead atoms. The number of hydrogen-bond acceptors (Lipinski definition) is 5. The highest BCUT2D eigenvalue weighted by molar-refractivity contribution is 7.99. The van der Waals surface area contributed by atoms with E-state index >= 15 is 0 Å². The Morgan fingerprint density at radius 3 is 2.76 bits per heavy atom. The normalized spacial score (nSPS) is 11.8. The molecule has 1 atom stereocenters. The molecule has 6 nitrogen and oxygen atoms in total. The molecule has 0 saturated carbocycles. The van der Waals surface area contributed by atoms with Crippen molar-refractivity contribution in [3.05, 3.63) is 33.9 Å². The zero-order valence-corrected chi connectivity index (χ0v) is 13.3. The zero-order chi connectivity index (χ0) is 15.8. The molecule has 0 aromatic heterocycles. The van der Waals surface area contributed by atoms with Gasteiger partial charge in [-0.1, -0.05) is 13.0 Å². The van der Waals surface area contributed by atoms with Crippen LogP contribution in [0.2, 0.25) is 0 Å². The maximum atomic E-state index is 12.3. The van der Waals surface area contributed by atoms with Crippen molar-refractivity contribution in [1.29, 1.82) is 0 Å². The summed E-state index contributed by atoms with van der Waals surface area (Å²) in [5.41, 5.74) is 0.441. The van der Waals surface area contributed by atoms with E-state index in [2.05, 4.69) is 17.6 Å². The van der Waals surface area contributed by atoms with Crippen molar-refractivity contribution in [2.45, 2.75) is 26.3 Å². The topological polar surface area (TPSA) is 84.3 Å². The van der Waals surface area contributed by atoms with Crippen LogP contribution in [0.5, 0.6) is 0 Å². The number of para-hydroxylation sites is 1. The second-order valence-electron chi connectivity index (χ2n) is 4.57. The van der Waals surface area contributed by atoms with Gasteiger partial charge in [0, 0.05) is 19.2 Å². The molecular weight excluding hydrogens is 290 g/mol. The summed E-state index contributed by atoms with van der Waals surface area (Å²) in [6.07, 6.45) is 0.869. The van der Waals surface area contributed by atoms with E-state index in [1.807, 2.05) is 18.7 Å². The molecule has 21 heavy (non-hydrogen) atoms. The van der Waals surface area contributed by atoms with Crippen LogP contribution in [0.3, 0.4) is 0 Å². The van der Waals surface area contributed by atoms with Gasteiger partial charge in [0.2, 0.25) is 0 Å². The Kier molecular flexibility index (Phi) is 7.01. The largest absolute Gasteiger partial charge is 0.382 e. The molecule has 2 N–H and O–H groups in total. The number of nitrogens with zero attached hydrogens (tertiary/aromatic N) is 1. The molecule has 0 spiro atoms. The van der Waals surface area contributed by atoms with E-state index in [1.165, 1.54) is 12.1 Å². The number of nitrogens with one attached hydrogen (secondary N) is 2. The first-order valence-electron chi connectivity index (χ1n) is 6.85. The lowest BCUT2D eigenvalue weighted by molar-refractivity contribution is -0.384. The average molecular weight is 311 g/mol. The molecule has 116 valence electrons. The van der Waals surface area contributed by atoms with Gasteiger partial charge in [0.1, 0.15) is 5.69 Å². The molecule has 0 aliphatic rings. The number of nitro groups is 1. The number of thioether (sulfide) groups is 1. The van der Waals surface area contributed by atoms with Gasteiger partial charge in [-0.3, -0.25) is 14.9 Å². The molecule has 7 heteroatoms. The van der Waals surface area contributed by atoms with Crippen molar-refractivity contribution in [1.82, 2.24) is 5.32 Å². The second kappa shape index (κ2) is 8.51. The number of carbonyl (C=O) groups excluding carboxylic acids is 1. The van der Waals surface area contributed by atoms with Gasteiger partial charge in [-0.25, -0.2) is 0 Å². The molecule has 0 saturated heterocycles. The first kappa shape index (κ1) is 17.3. The molecule has 0 aliphatic carbocycles. The molecule has 1 amide bonds. The highest BCUT2D eigenvalue weighted by Gasteiger charge is 2.21. The van der Waals surface area contributed by atoms with Gasteiger partial charge in [0.15, 0.2) is 0 Å². The van der Waals surface area contributed by atoms with Crippen molar-refractivity contribution in [3.63, 3.8) is 0 Å². The van der Waals surface area contributed by atoms with Crippen molar-refractivity contribution in [2.24, 2.45) is 0 Å². The summed E-state index contributed by atoms with van der Waals surface area (Å²) < 4.78 is 0. The maximum absolute atomic E-state index is 12.3. The Morgan fingerprint density at radius 2 is 2.19 bits per heavy atom. The number of anilines is 1. The molecule has 1 aromatic carbocycles. The molecule has 0 radical (unpaired) electrons. The molecule has 1 rings (SSSR count). The van der Waals surface area contributed by atoms with Gasteiger partial charge in [-0.15, -0.1) is 0 Å². The predicted molar refractivity (Wildman–Crippen MR) is 87.2 cm³/mol. The highest BCUT2D eigenvalue weighted by Crippen LogP contribution is 2.27. The second-order valence-corrected chi connectivity index (χ2v) is 5.96. The van der Waals surface area contributed by atoms with Crippen LogP contribution >= 0.6 is 11.8 Å². The zero-order valence-electron chi connectivity index (χ0n) is 12.5. The van der Waals surface area contributed by atoms with Gasteiger partial charge in [-0.05, 0) is 30.9 Å². The summed E-state index contributed by atoms with van der Waals surface area (Å²) in [5, 5.41) is 16.6. The Hall–Kier alpha value is -1.76. The number of carbonyl (C=O) groups is 1. The Labute approximate surface area is 128 Å². The number of amides is 1. The van der Waals surface area contributed by atoms with E-state index in [1.54, 1.807) is 13.1 Å². The van der Waals surface area contributed by atoms with Crippen LogP contribution < -0.4 is 10.6 Å². The molecule has 1 unspecified atom stereocenters. The highest BCUT2D eigenvalue weighted by atomic mass is 32.2. The number of rotatable bonds is 8. The third-order valence-electron chi connectivity index (χ3n) is 3.01. The fraction of sp³-hybridized carbons (Fsp3) is 0.500. The van der Waals surface area contributed by atoms with Crippen molar-refractivity contribution in [3.8, 4) is 0 Å². The molecule has 0 aliphatic heterocycles. The fourth-order valence-corrected chi connectivity index (χ4v) is 2.73. The van der Waals surface area contributed by atoms with Crippen molar-refractivity contribution in [2.75, 3.05) is 23.9 Å². The van der Waals surface area contributed by atoms with E-state index in [0.717, 1.165) is 17.9 Å². The Bertz CT molecular complexity index is 508. The standard InChI is InChI=1S/C14H21N3O3S/c1-4-21-9-8-10(2)16-14(18)11-6-5-7-12(17(19)20)13(11)15-3/h5-7,10,15H,4,8-9H2,1-3H3,(H,16,18). The third-order valence-corrected chi connectivity index (χ3v) is 3.94. The number of benzene rings is 1. The third kappa shape index (κ3) is 4.93. The van der Waals surface area contributed by atoms with E-state index < -0.39 is 4.92 Å². The molecule has 0 fully saturated rings. The van der Waals surface area contributed by atoms with E-state index in [0.29, 0.717) is 5.56 Å². The predicted octanol–water partition coefficient (Wildman–Crippen LogP) is 2.90. The van der Waals surface area contributed by atoms with Crippen molar-refractivity contribution >= 4 is 29.0 Å². The number of hydrogen-bond donors (Lipinski definition) is 2. The fourth-order valence-electron chi connectivity index (χ4n) is 1.92. The van der Waals surface area contributed by atoms with Gasteiger partial charge in [0.05, 0.1) is 10.5 Å². The minimum absolute atomic E-state index is 0.0283. The minimum atomic E-state index is -0.496. The Morgan fingerprint density at radius 1 is 1.48 bits per heavy atom.